The lowest BCUT2D eigenvalue weighted by molar-refractivity contribution is -0.137. The van der Waals surface area contributed by atoms with Crippen LogP contribution in [-0.4, -0.2) is 19.2 Å². The van der Waals surface area contributed by atoms with Gasteiger partial charge < -0.3 is 10.1 Å². The van der Waals surface area contributed by atoms with Gasteiger partial charge in [0.05, 0.1) is 18.3 Å². The molecule has 1 atom stereocenters. The number of benzene rings is 1. The highest BCUT2D eigenvalue weighted by Gasteiger charge is 2.30. The molecule has 1 aliphatic heterocycles. The normalized spacial score (nSPS) is 20.9. The number of hydrogen-bond acceptors (Lipinski definition) is 2. The van der Waals surface area contributed by atoms with Gasteiger partial charge in [0.25, 0.3) is 0 Å². The molecule has 0 bridgehead atoms. The minimum absolute atomic E-state index is 0.105. The van der Waals surface area contributed by atoms with Gasteiger partial charge in [0.2, 0.25) is 0 Å². The van der Waals surface area contributed by atoms with Gasteiger partial charge in [0.1, 0.15) is 0 Å². The van der Waals surface area contributed by atoms with Gasteiger partial charge in [-0.15, -0.1) is 0 Å². The van der Waals surface area contributed by atoms with Gasteiger partial charge in [0, 0.05) is 6.54 Å². The van der Waals surface area contributed by atoms with Crippen molar-refractivity contribution in [3.8, 4) is 0 Å². The minimum atomic E-state index is -4.29. The van der Waals surface area contributed by atoms with Crippen LogP contribution in [0.3, 0.4) is 0 Å². The van der Waals surface area contributed by atoms with Crippen molar-refractivity contribution >= 4 is 0 Å². The van der Waals surface area contributed by atoms with Gasteiger partial charge in [-0.2, -0.15) is 13.2 Å². The second-order valence-corrected chi connectivity index (χ2v) is 4.48. The van der Waals surface area contributed by atoms with Crippen molar-refractivity contribution in [3.63, 3.8) is 0 Å². The average Bonchev–Trinajstić information content (AvgIpc) is 2.37. The smallest absolute Gasteiger partial charge is 0.372 e. The third-order valence-corrected chi connectivity index (χ3v) is 2.99. The molecule has 0 radical (unpaired) electrons. The van der Waals surface area contributed by atoms with E-state index in [2.05, 4.69) is 5.32 Å². The Labute approximate surface area is 104 Å². The maximum absolute atomic E-state index is 12.5. The number of piperidine rings is 1. The lowest BCUT2D eigenvalue weighted by Gasteiger charge is -2.23. The van der Waals surface area contributed by atoms with Crippen molar-refractivity contribution in [1.29, 1.82) is 0 Å². The fourth-order valence-corrected chi connectivity index (χ4v) is 2.01. The molecular formula is C13H16F3NO. The Bertz CT molecular complexity index is 386. The van der Waals surface area contributed by atoms with Crippen LogP contribution in [0.1, 0.15) is 24.0 Å². The molecule has 1 aliphatic rings. The van der Waals surface area contributed by atoms with Crippen LogP contribution in [0.4, 0.5) is 13.2 Å². The van der Waals surface area contributed by atoms with Crippen LogP contribution >= 0.6 is 0 Å². The van der Waals surface area contributed by atoms with E-state index >= 15 is 0 Å². The molecule has 0 aliphatic carbocycles. The zero-order valence-electron chi connectivity index (χ0n) is 9.96. The Kier molecular flexibility index (Phi) is 4.24. The standard InChI is InChI=1S/C13H16F3NO/c14-13(15,16)11-4-1-3-10(7-11)9-18-12-5-2-6-17-8-12/h1,3-4,7,12,17H,2,5-6,8-9H2/t12-/m0/s1. The average molecular weight is 259 g/mol. The first-order chi connectivity index (χ1) is 8.55. The highest BCUT2D eigenvalue weighted by Crippen LogP contribution is 2.29. The van der Waals surface area contributed by atoms with E-state index < -0.39 is 11.7 Å². The molecule has 0 spiro atoms. The largest absolute Gasteiger partial charge is 0.416 e. The van der Waals surface area contributed by atoms with Crippen LogP contribution in [0, 0.1) is 0 Å². The zero-order chi connectivity index (χ0) is 13.0. The van der Waals surface area contributed by atoms with E-state index in [-0.39, 0.29) is 12.7 Å². The summed E-state index contributed by atoms with van der Waals surface area (Å²) in [6, 6.07) is 5.30. The Morgan fingerprint density at radius 1 is 1.33 bits per heavy atom. The molecule has 1 saturated heterocycles. The zero-order valence-corrected chi connectivity index (χ0v) is 9.96. The summed E-state index contributed by atoms with van der Waals surface area (Å²) in [5.41, 5.74) is -0.0548. The van der Waals surface area contributed by atoms with Crippen LogP contribution in [0.25, 0.3) is 0 Å². The van der Waals surface area contributed by atoms with E-state index in [9.17, 15) is 13.2 Å². The van der Waals surface area contributed by atoms with E-state index in [1.54, 1.807) is 6.07 Å². The van der Waals surface area contributed by atoms with Crippen LogP contribution < -0.4 is 5.32 Å². The molecule has 1 N–H and O–H groups in total. The third-order valence-electron chi connectivity index (χ3n) is 2.99. The van der Waals surface area contributed by atoms with Crippen molar-refractivity contribution in [1.82, 2.24) is 5.32 Å². The van der Waals surface area contributed by atoms with Crippen molar-refractivity contribution in [3.05, 3.63) is 35.4 Å². The van der Waals surface area contributed by atoms with Gasteiger partial charge in [-0.05, 0) is 37.1 Å². The summed E-state index contributed by atoms with van der Waals surface area (Å²) >= 11 is 0. The molecule has 1 fully saturated rings. The van der Waals surface area contributed by atoms with E-state index in [0.29, 0.717) is 5.56 Å². The van der Waals surface area contributed by atoms with Crippen molar-refractivity contribution in [2.45, 2.75) is 31.7 Å². The predicted molar refractivity (Wildman–Crippen MR) is 62.1 cm³/mol. The molecule has 0 unspecified atom stereocenters. The second kappa shape index (κ2) is 5.71. The van der Waals surface area contributed by atoms with Crippen molar-refractivity contribution < 1.29 is 17.9 Å². The molecule has 18 heavy (non-hydrogen) atoms. The minimum Gasteiger partial charge on any atom is -0.372 e. The Morgan fingerprint density at radius 3 is 2.83 bits per heavy atom. The first kappa shape index (κ1) is 13.4. The molecule has 1 aromatic rings. The molecule has 1 aromatic carbocycles. The van der Waals surface area contributed by atoms with Crippen LogP contribution in [0.5, 0.6) is 0 Å². The fraction of sp³-hybridized carbons (Fsp3) is 0.538. The van der Waals surface area contributed by atoms with Crippen molar-refractivity contribution in [2.75, 3.05) is 13.1 Å². The molecule has 2 rings (SSSR count). The summed E-state index contributed by atoms with van der Waals surface area (Å²) in [5, 5.41) is 3.20. The molecule has 5 heteroatoms. The summed E-state index contributed by atoms with van der Waals surface area (Å²) in [7, 11) is 0. The topological polar surface area (TPSA) is 21.3 Å². The Morgan fingerprint density at radius 2 is 2.17 bits per heavy atom. The molecule has 1 heterocycles. The van der Waals surface area contributed by atoms with Gasteiger partial charge in [-0.1, -0.05) is 12.1 Å². The van der Waals surface area contributed by atoms with Crippen molar-refractivity contribution in [2.24, 2.45) is 0 Å². The number of halogens is 3. The van der Waals surface area contributed by atoms with E-state index in [4.69, 9.17) is 4.74 Å². The van der Waals surface area contributed by atoms with Gasteiger partial charge >= 0.3 is 6.18 Å². The SMILES string of the molecule is FC(F)(F)c1cccc(CO[C@H]2CCCNC2)c1. The number of rotatable bonds is 3. The summed E-state index contributed by atoms with van der Waals surface area (Å²) in [6.07, 6.45) is -2.17. The molecule has 0 amide bonds. The van der Waals surface area contributed by atoms with Gasteiger partial charge in [0.15, 0.2) is 0 Å². The Balaban J connectivity index is 1.92. The predicted octanol–water partition coefficient (Wildman–Crippen LogP) is 2.97. The van der Waals surface area contributed by atoms with Gasteiger partial charge in [-0.3, -0.25) is 0 Å². The van der Waals surface area contributed by atoms with Gasteiger partial charge in [-0.25, -0.2) is 0 Å². The highest BCUT2D eigenvalue weighted by atomic mass is 19.4. The Hall–Kier alpha value is -1.07. The maximum atomic E-state index is 12.5. The number of hydrogen-bond donors (Lipinski definition) is 1. The molecular weight excluding hydrogens is 243 g/mol. The van der Waals surface area contributed by atoms with Crippen LogP contribution in [0.2, 0.25) is 0 Å². The number of nitrogens with one attached hydrogen (secondary N) is 1. The molecule has 0 saturated carbocycles. The summed E-state index contributed by atoms with van der Waals surface area (Å²) in [4.78, 5) is 0. The summed E-state index contributed by atoms with van der Waals surface area (Å²) in [6.45, 7) is 2.00. The monoisotopic (exact) mass is 259 g/mol. The molecule has 0 aromatic heterocycles. The summed E-state index contributed by atoms with van der Waals surface area (Å²) in [5.74, 6) is 0. The number of alkyl halides is 3. The maximum Gasteiger partial charge on any atom is 0.416 e. The lowest BCUT2D eigenvalue weighted by Crippen LogP contribution is -2.35. The van der Waals surface area contributed by atoms with E-state index in [0.717, 1.165) is 38.1 Å². The van der Waals surface area contributed by atoms with E-state index in [1.165, 1.54) is 6.07 Å². The molecule has 100 valence electrons. The number of ether oxygens (including phenoxy) is 1. The highest BCUT2D eigenvalue weighted by molar-refractivity contribution is 5.25. The lowest BCUT2D eigenvalue weighted by atomic mass is 10.1. The summed E-state index contributed by atoms with van der Waals surface area (Å²) < 4.78 is 43.1. The second-order valence-electron chi connectivity index (χ2n) is 4.48. The first-order valence-electron chi connectivity index (χ1n) is 6.04. The fourth-order valence-electron chi connectivity index (χ4n) is 2.01. The first-order valence-corrected chi connectivity index (χ1v) is 6.04. The quantitative estimate of drug-likeness (QED) is 0.901. The van der Waals surface area contributed by atoms with Crippen LogP contribution in [-0.2, 0) is 17.5 Å². The third kappa shape index (κ3) is 3.71. The van der Waals surface area contributed by atoms with Crippen LogP contribution in [0.15, 0.2) is 24.3 Å². The molecule has 2 nitrogen and oxygen atoms in total. The van der Waals surface area contributed by atoms with E-state index in [1.807, 2.05) is 0 Å².